The van der Waals surface area contributed by atoms with E-state index in [1.54, 1.807) is 11.4 Å². The van der Waals surface area contributed by atoms with Crippen molar-refractivity contribution in [2.24, 2.45) is 0 Å². The standard InChI is InChI=1S/C10H9F4NO2/c1-17-9(11,10(12,13)14)8(16)15-7-5-3-2-4-6-7/h2-6H,1H3,(H,15,16). The summed E-state index contributed by atoms with van der Waals surface area (Å²) < 4.78 is 53.9. The quantitative estimate of drug-likeness (QED) is 0.838. The van der Waals surface area contributed by atoms with E-state index < -0.39 is 17.9 Å². The Labute approximate surface area is 94.4 Å². The number of halogens is 4. The van der Waals surface area contributed by atoms with E-state index in [1.807, 2.05) is 0 Å². The monoisotopic (exact) mass is 251 g/mol. The zero-order chi connectivity index (χ0) is 13.1. The average molecular weight is 251 g/mol. The molecule has 1 N–H and O–H groups in total. The summed E-state index contributed by atoms with van der Waals surface area (Å²) in [5.41, 5.74) is 0.0424. The van der Waals surface area contributed by atoms with Crippen LogP contribution in [0.25, 0.3) is 0 Å². The molecule has 1 amide bonds. The number of nitrogens with one attached hydrogen (secondary N) is 1. The number of ether oxygens (including phenoxy) is 1. The number of hydrogen-bond donors (Lipinski definition) is 1. The number of alkyl halides is 4. The molecular formula is C10H9F4NO2. The van der Waals surface area contributed by atoms with Crippen LogP contribution in [0.4, 0.5) is 23.2 Å². The number of amides is 1. The highest BCUT2D eigenvalue weighted by Gasteiger charge is 2.63. The highest BCUT2D eigenvalue weighted by molar-refractivity contribution is 5.96. The average Bonchev–Trinajstić information content (AvgIpc) is 2.27. The molecule has 1 atom stereocenters. The van der Waals surface area contributed by atoms with Crippen molar-refractivity contribution in [3.05, 3.63) is 30.3 Å². The van der Waals surface area contributed by atoms with Crippen LogP contribution in [0.5, 0.6) is 0 Å². The van der Waals surface area contributed by atoms with Crippen LogP contribution >= 0.6 is 0 Å². The number of rotatable bonds is 3. The maximum atomic E-state index is 13.3. The molecule has 3 nitrogen and oxygen atoms in total. The predicted molar refractivity (Wildman–Crippen MR) is 52.0 cm³/mol. The Morgan fingerprint density at radius 2 is 1.71 bits per heavy atom. The van der Waals surface area contributed by atoms with Crippen molar-refractivity contribution < 1.29 is 27.1 Å². The smallest absolute Gasteiger partial charge is 0.335 e. The van der Waals surface area contributed by atoms with E-state index in [4.69, 9.17) is 0 Å². The van der Waals surface area contributed by atoms with Gasteiger partial charge in [0.15, 0.2) is 0 Å². The topological polar surface area (TPSA) is 38.3 Å². The van der Waals surface area contributed by atoms with Gasteiger partial charge >= 0.3 is 12.0 Å². The number of carbonyl (C=O) groups excluding carboxylic acids is 1. The van der Waals surface area contributed by atoms with Crippen LogP contribution in [0.3, 0.4) is 0 Å². The van der Waals surface area contributed by atoms with Crippen LogP contribution in [-0.4, -0.2) is 25.0 Å². The van der Waals surface area contributed by atoms with Crippen molar-refractivity contribution in [1.29, 1.82) is 0 Å². The number of carbonyl (C=O) groups is 1. The maximum absolute atomic E-state index is 13.3. The largest absolute Gasteiger partial charge is 0.458 e. The summed E-state index contributed by atoms with van der Waals surface area (Å²) in [5, 5.41) is 1.78. The van der Waals surface area contributed by atoms with Gasteiger partial charge in [-0.2, -0.15) is 17.6 Å². The summed E-state index contributed by atoms with van der Waals surface area (Å²) >= 11 is 0. The molecule has 0 aliphatic carbocycles. The zero-order valence-corrected chi connectivity index (χ0v) is 8.72. The Kier molecular flexibility index (Phi) is 3.72. The van der Waals surface area contributed by atoms with Gasteiger partial charge in [0, 0.05) is 12.8 Å². The third-order valence-electron chi connectivity index (χ3n) is 1.97. The van der Waals surface area contributed by atoms with Gasteiger partial charge in [0.2, 0.25) is 0 Å². The predicted octanol–water partition coefficient (Wildman–Crippen LogP) is 2.50. The van der Waals surface area contributed by atoms with Crippen LogP contribution in [0.1, 0.15) is 0 Å². The van der Waals surface area contributed by atoms with Crippen molar-refractivity contribution >= 4 is 11.6 Å². The molecule has 94 valence electrons. The Bertz CT molecular complexity index is 393. The Morgan fingerprint density at radius 3 is 2.12 bits per heavy atom. The van der Waals surface area contributed by atoms with E-state index in [1.165, 1.54) is 24.3 Å². The van der Waals surface area contributed by atoms with Gasteiger partial charge in [0.1, 0.15) is 0 Å². The van der Waals surface area contributed by atoms with Gasteiger partial charge in [-0.25, -0.2) is 0 Å². The molecule has 0 aliphatic heterocycles. The van der Waals surface area contributed by atoms with Crippen molar-refractivity contribution in [2.75, 3.05) is 12.4 Å². The van der Waals surface area contributed by atoms with Crippen molar-refractivity contribution in [1.82, 2.24) is 0 Å². The summed E-state index contributed by atoms with van der Waals surface area (Å²) in [6.07, 6.45) is -5.44. The number of benzene rings is 1. The van der Waals surface area contributed by atoms with E-state index in [9.17, 15) is 22.4 Å². The molecule has 0 radical (unpaired) electrons. The summed E-state index contributed by atoms with van der Waals surface area (Å²) in [6, 6.07) is 7.21. The number of methoxy groups -OCH3 is 1. The first-order valence-corrected chi connectivity index (χ1v) is 4.48. The minimum absolute atomic E-state index is 0.0424. The third kappa shape index (κ3) is 2.73. The molecule has 17 heavy (non-hydrogen) atoms. The normalized spacial score (nSPS) is 15.1. The molecule has 1 rings (SSSR count). The number of anilines is 1. The van der Waals surface area contributed by atoms with Crippen LogP contribution in [0.2, 0.25) is 0 Å². The Morgan fingerprint density at radius 1 is 1.18 bits per heavy atom. The summed E-state index contributed by atoms with van der Waals surface area (Å²) in [6.45, 7) is 0. The van der Waals surface area contributed by atoms with Crippen LogP contribution < -0.4 is 5.32 Å². The Hall–Kier alpha value is -1.63. The zero-order valence-electron chi connectivity index (χ0n) is 8.72. The first-order valence-electron chi connectivity index (χ1n) is 4.48. The highest BCUT2D eigenvalue weighted by Crippen LogP contribution is 2.35. The van der Waals surface area contributed by atoms with Gasteiger partial charge < -0.3 is 10.1 Å². The molecule has 0 saturated heterocycles. The van der Waals surface area contributed by atoms with Gasteiger partial charge in [-0.05, 0) is 12.1 Å². The summed E-state index contributed by atoms with van der Waals surface area (Å²) in [5.74, 6) is -6.28. The van der Waals surface area contributed by atoms with Crippen molar-refractivity contribution in [2.45, 2.75) is 12.0 Å². The highest BCUT2D eigenvalue weighted by atomic mass is 19.4. The van der Waals surface area contributed by atoms with E-state index in [0.29, 0.717) is 7.11 Å². The van der Waals surface area contributed by atoms with E-state index >= 15 is 0 Å². The van der Waals surface area contributed by atoms with E-state index in [-0.39, 0.29) is 5.69 Å². The SMILES string of the molecule is COC(F)(C(=O)Nc1ccccc1)C(F)(F)F. The second-order valence-electron chi connectivity index (χ2n) is 3.12. The minimum atomic E-state index is -5.44. The van der Waals surface area contributed by atoms with Crippen LogP contribution in [-0.2, 0) is 9.53 Å². The van der Waals surface area contributed by atoms with Gasteiger partial charge in [0.05, 0.1) is 0 Å². The van der Waals surface area contributed by atoms with Gasteiger partial charge in [-0.1, -0.05) is 18.2 Å². The molecule has 1 unspecified atom stereocenters. The van der Waals surface area contributed by atoms with Crippen molar-refractivity contribution in [3.8, 4) is 0 Å². The molecule has 0 fully saturated rings. The van der Waals surface area contributed by atoms with E-state index in [0.717, 1.165) is 0 Å². The Balaban J connectivity index is 2.89. The molecule has 7 heteroatoms. The molecule has 0 aromatic heterocycles. The first-order chi connectivity index (χ1) is 7.81. The van der Waals surface area contributed by atoms with Crippen LogP contribution in [0.15, 0.2) is 30.3 Å². The third-order valence-corrected chi connectivity index (χ3v) is 1.97. The minimum Gasteiger partial charge on any atom is -0.335 e. The first kappa shape index (κ1) is 13.4. The molecular weight excluding hydrogens is 242 g/mol. The van der Waals surface area contributed by atoms with Gasteiger partial charge in [-0.15, -0.1) is 0 Å². The fourth-order valence-corrected chi connectivity index (χ4v) is 1.07. The molecule has 0 aliphatic rings. The lowest BCUT2D eigenvalue weighted by Gasteiger charge is -2.24. The summed E-state index contributed by atoms with van der Waals surface area (Å²) in [4.78, 5) is 11.2. The molecule has 1 aromatic carbocycles. The number of para-hydroxylation sites is 1. The van der Waals surface area contributed by atoms with Gasteiger partial charge in [-0.3, -0.25) is 4.79 Å². The van der Waals surface area contributed by atoms with E-state index in [2.05, 4.69) is 4.74 Å². The molecule has 1 aromatic rings. The molecule has 0 heterocycles. The fourth-order valence-electron chi connectivity index (χ4n) is 1.07. The molecule has 0 saturated carbocycles. The lowest BCUT2D eigenvalue weighted by atomic mass is 10.2. The number of hydrogen-bond acceptors (Lipinski definition) is 2. The second kappa shape index (κ2) is 4.70. The van der Waals surface area contributed by atoms with Crippen LogP contribution in [0, 0.1) is 0 Å². The molecule has 0 spiro atoms. The fraction of sp³-hybridized carbons (Fsp3) is 0.300. The van der Waals surface area contributed by atoms with Gasteiger partial charge in [0.25, 0.3) is 5.91 Å². The van der Waals surface area contributed by atoms with Crippen molar-refractivity contribution in [3.63, 3.8) is 0 Å². The molecule has 0 bridgehead atoms. The second-order valence-corrected chi connectivity index (χ2v) is 3.12. The maximum Gasteiger partial charge on any atom is 0.458 e. The lowest BCUT2D eigenvalue weighted by molar-refractivity contribution is -0.305. The summed E-state index contributed by atoms with van der Waals surface area (Å²) in [7, 11) is 0.470. The lowest BCUT2D eigenvalue weighted by Crippen LogP contribution is -2.52.